The van der Waals surface area contributed by atoms with Crippen molar-refractivity contribution in [2.75, 3.05) is 18.1 Å². The molecule has 1 aromatic rings. The summed E-state index contributed by atoms with van der Waals surface area (Å²) >= 11 is 0. The molecule has 1 N–H and O–H groups in total. The molecule has 0 radical (unpaired) electrons. The lowest BCUT2D eigenvalue weighted by Crippen LogP contribution is -2.22. The smallest absolute Gasteiger partial charge is 0.122 e. The van der Waals surface area contributed by atoms with E-state index in [2.05, 4.69) is 21.8 Å². The van der Waals surface area contributed by atoms with Gasteiger partial charge in [-0.25, -0.2) is 4.98 Å². The lowest BCUT2D eigenvalue weighted by Gasteiger charge is -2.06. The highest BCUT2D eigenvalue weighted by molar-refractivity contribution is 7.84. The number of imidazole rings is 1. The first-order chi connectivity index (χ1) is 7.27. The first-order valence-electron chi connectivity index (χ1n) is 5.33. The molecule has 4 nitrogen and oxygen atoms in total. The maximum Gasteiger partial charge on any atom is 0.122 e. The van der Waals surface area contributed by atoms with Crippen LogP contribution >= 0.6 is 0 Å². The van der Waals surface area contributed by atoms with E-state index < -0.39 is 10.8 Å². The average molecular weight is 229 g/mol. The summed E-state index contributed by atoms with van der Waals surface area (Å²) in [6.45, 7) is 6.52. The van der Waals surface area contributed by atoms with E-state index in [0.29, 0.717) is 0 Å². The Labute approximate surface area is 93.5 Å². The van der Waals surface area contributed by atoms with Gasteiger partial charge in [0.1, 0.15) is 5.82 Å². The van der Waals surface area contributed by atoms with Crippen molar-refractivity contribution in [1.29, 1.82) is 0 Å². The quantitative estimate of drug-likeness (QED) is 0.702. The van der Waals surface area contributed by atoms with Crippen molar-refractivity contribution in [1.82, 2.24) is 14.9 Å². The molecule has 0 bridgehead atoms. The predicted octanol–water partition coefficient (Wildman–Crippen LogP) is 0.761. The van der Waals surface area contributed by atoms with E-state index in [1.807, 2.05) is 19.3 Å². The molecule has 0 amide bonds. The van der Waals surface area contributed by atoms with Crippen molar-refractivity contribution in [3.05, 3.63) is 18.2 Å². The molecular formula is C10H19N3OS. The Morgan fingerprint density at radius 1 is 1.53 bits per heavy atom. The van der Waals surface area contributed by atoms with Gasteiger partial charge in [-0.1, -0.05) is 6.92 Å². The fourth-order valence-electron chi connectivity index (χ4n) is 1.33. The van der Waals surface area contributed by atoms with E-state index in [4.69, 9.17) is 0 Å². The summed E-state index contributed by atoms with van der Waals surface area (Å²) in [5.41, 5.74) is 0. The van der Waals surface area contributed by atoms with Crippen LogP contribution in [0.5, 0.6) is 0 Å². The summed E-state index contributed by atoms with van der Waals surface area (Å²) in [6, 6.07) is 0. The molecule has 1 unspecified atom stereocenters. The maximum absolute atomic E-state index is 11.1. The van der Waals surface area contributed by atoms with Crippen molar-refractivity contribution in [3.8, 4) is 0 Å². The summed E-state index contributed by atoms with van der Waals surface area (Å²) in [6.07, 6.45) is 3.78. The molecule has 1 aromatic heterocycles. The molecule has 0 aliphatic rings. The second-order valence-electron chi connectivity index (χ2n) is 3.24. The minimum atomic E-state index is -0.672. The van der Waals surface area contributed by atoms with Gasteiger partial charge in [-0.15, -0.1) is 0 Å². The lowest BCUT2D eigenvalue weighted by molar-refractivity contribution is 0.626. The van der Waals surface area contributed by atoms with Gasteiger partial charge >= 0.3 is 0 Å². The molecule has 0 aliphatic heterocycles. The van der Waals surface area contributed by atoms with E-state index in [-0.39, 0.29) is 0 Å². The zero-order valence-corrected chi connectivity index (χ0v) is 10.2. The lowest BCUT2D eigenvalue weighted by atomic mass is 10.5. The number of rotatable bonds is 7. The minimum absolute atomic E-state index is 0.672. The first kappa shape index (κ1) is 12.4. The fourth-order valence-corrected chi connectivity index (χ4v) is 1.99. The normalized spacial score (nSPS) is 12.9. The molecule has 1 heterocycles. The highest BCUT2D eigenvalue weighted by atomic mass is 32.2. The number of aromatic nitrogens is 2. The average Bonchev–Trinajstić information content (AvgIpc) is 2.71. The van der Waals surface area contributed by atoms with Crippen molar-refractivity contribution in [2.45, 2.75) is 26.9 Å². The van der Waals surface area contributed by atoms with Crippen LogP contribution in [0.4, 0.5) is 0 Å². The second-order valence-corrected chi connectivity index (χ2v) is 5.10. The standard InChI is InChI=1S/C10H19N3OS/c1-3-13-7-5-12-10(13)9-11-6-8-15(14)4-2/h5,7,11H,3-4,6,8-9H2,1-2H3. The number of aryl methyl sites for hydroxylation is 1. The third-order valence-corrected chi connectivity index (χ3v) is 3.56. The van der Waals surface area contributed by atoms with Crippen LogP contribution in [-0.4, -0.2) is 31.8 Å². The molecule has 15 heavy (non-hydrogen) atoms. The van der Waals surface area contributed by atoms with Crippen molar-refractivity contribution >= 4 is 10.8 Å². The van der Waals surface area contributed by atoms with Gasteiger partial charge in [0.05, 0.1) is 6.54 Å². The molecule has 1 rings (SSSR count). The van der Waals surface area contributed by atoms with Crippen molar-refractivity contribution in [2.24, 2.45) is 0 Å². The predicted molar refractivity (Wildman–Crippen MR) is 63.2 cm³/mol. The molecule has 0 aromatic carbocycles. The van der Waals surface area contributed by atoms with Gasteiger partial charge in [0.15, 0.2) is 0 Å². The Bertz CT molecular complexity index is 311. The third kappa shape index (κ3) is 4.13. The van der Waals surface area contributed by atoms with Crippen molar-refractivity contribution in [3.63, 3.8) is 0 Å². The van der Waals surface area contributed by atoms with E-state index >= 15 is 0 Å². The van der Waals surface area contributed by atoms with Crippen LogP contribution < -0.4 is 5.32 Å². The number of hydrogen-bond donors (Lipinski definition) is 1. The molecule has 0 saturated heterocycles. The monoisotopic (exact) mass is 229 g/mol. The first-order valence-corrected chi connectivity index (χ1v) is 6.82. The van der Waals surface area contributed by atoms with Gasteiger partial charge in [-0.05, 0) is 6.92 Å². The molecular weight excluding hydrogens is 210 g/mol. The molecule has 5 heteroatoms. The molecule has 0 saturated carbocycles. The molecule has 1 atom stereocenters. The summed E-state index contributed by atoms with van der Waals surface area (Å²) in [4.78, 5) is 4.25. The van der Waals surface area contributed by atoms with Crippen LogP contribution in [0.2, 0.25) is 0 Å². The van der Waals surface area contributed by atoms with Crippen LogP contribution in [0.1, 0.15) is 19.7 Å². The second kappa shape index (κ2) is 6.74. The van der Waals surface area contributed by atoms with Gasteiger partial charge in [0, 0.05) is 47.8 Å². The maximum atomic E-state index is 11.1. The van der Waals surface area contributed by atoms with E-state index in [9.17, 15) is 4.21 Å². The Morgan fingerprint density at radius 3 is 3.00 bits per heavy atom. The summed E-state index contributed by atoms with van der Waals surface area (Å²) in [7, 11) is -0.672. The van der Waals surface area contributed by atoms with Gasteiger partial charge in [-0.3, -0.25) is 4.21 Å². The fraction of sp³-hybridized carbons (Fsp3) is 0.700. The van der Waals surface area contributed by atoms with Crippen LogP contribution in [0.15, 0.2) is 12.4 Å². The third-order valence-electron chi connectivity index (χ3n) is 2.25. The van der Waals surface area contributed by atoms with Gasteiger partial charge in [-0.2, -0.15) is 0 Å². The molecule has 86 valence electrons. The topological polar surface area (TPSA) is 46.9 Å². The van der Waals surface area contributed by atoms with Gasteiger partial charge in [0.25, 0.3) is 0 Å². The zero-order chi connectivity index (χ0) is 11.1. The Morgan fingerprint density at radius 2 is 2.33 bits per heavy atom. The van der Waals surface area contributed by atoms with Crippen LogP contribution in [0, 0.1) is 0 Å². The van der Waals surface area contributed by atoms with E-state index in [1.165, 1.54) is 0 Å². The van der Waals surface area contributed by atoms with Gasteiger partial charge in [0.2, 0.25) is 0 Å². The molecule has 0 spiro atoms. The Hall–Kier alpha value is -0.680. The number of nitrogens with one attached hydrogen (secondary N) is 1. The van der Waals surface area contributed by atoms with Gasteiger partial charge < -0.3 is 9.88 Å². The number of hydrogen-bond acceptors (Lipinski definition) is 3. The zero-order valence-electron chi connectivity index (χ0n) is 9.40. The highest BCUT2D eigenvalue weighted by Crippen LogP contribution is 1.96. The SMILES string of the molecule is CCn1ccnc1CNCCS(=O)CC. The summed E-state index contributed by atoms with van der Waals surface area (Å²) < 4.78 is 13.2. The summed E-state index contributed by atoms with van der Waals surface area (Å²) in [5.74, 6) is 2.51. The van der Waals surface area contributed by atoms with Crippen LogP contribution in [-0.2, 0) is 23.9 Å². The van der Waals surface area contributed by atoms with Crippen LogP contribution in [0.25, 0.3) is 0 Å². The van der Waals surface area contributed by atoms with Crippen LogP contribution in [0.3, 0.4) is 0 Å². The van der Waals surface area contributed by atoms with E-state index in [1.54, 1.807) is 0 Å². The Kier molecular flexibility index (Phi) is 5.57. The van der Waals surface area contributed by atoms with E-state index in [0.717, 1.165) is 37.0 Å². The highest BCUT2D eigenvalue weighted by Gasteiger charge is 2.00. The number of nitrogens with zero attached hydrogens (tertiary/aromatic N) is 2. The largest absolute Gasteiger partial charge is 0.334 e. The molecule has 0 fully saturated rings. The molecule has 0 aliphatic carbocycles. The van der Waals surface area contributed by atoms with Crippen molar-refractivity contribution < 1.29 is 4.21 Å². The minimum Gasteiger partial charge on any atom is -0.334 e. The summed E-state index contributed by atoms with van der Waals surface area (Å²) in [5, 5.41) is 3.25. The Balaban J connectivity index is 2.23.